The monoisotopic (exact) mass is 322 g/mol. The van der Waals surface area contributed by atoms with Gasteiger partial charge in [-0.2, -0.15) is 0 Å². The average molecular weight is 322 g/mol. The Balaban J connectivity index is 1.81. The van der Waals surface area contributed by atoms with Crippen LogP contribution in [-0.4, -0.2) is 23.8 Å². The lowest BCUT2D eigenvalue weighted by Crippen LogP contribution is -2.10. The van der Waals surface area contributed by atoms with Crippen LogP contribution in [0.4, 0.5) is 0 Å². The number of pyridine rings is 1. The SMILES string of the molecule is C#CCCOC(=O)Cc1cccc(CON=Cc2ccccc2)n1. The Labute approximate surface area is 141 Å². The average Bonchev–Trinajstić information content (AvgIpc) is 2.60. The molecule has 0 amide bonds. The Morgan fingerprint density at radius 1 is 1.17 bits per heavy atom. The van der Waals surface area contributed by atoms with Crippen LogP contribution < -0.4 is 0 Å². The molecule has 0 fully saturated rings. The third kappa shape index (κ3) is 6.32. The van der Waals surface area contributed by atoms with E-state index in [0.717, 1.165) is 5.56 Å². The minimum Gasteiger partial charge on any atom is -0.464 e. The summed E-state index contributed by atoms with van der Waals surface area (Å²) in [7, 11) is 0. The topological polar surface area (TPSA) is 60.8 Å². The number of terminal acetylenes is 1. The first-order chi connectivity index (χ1) is 11.8. The molecule has 0 aliphatic rings. The van der Waals surface area contributed by atoms with Gasteiger partial charge in [0, 0.05) is 6.42 Å². The quantitative estimate of drug-likeness (QED) is 0.246. The Kier molecular flexibility index (Phi) is 7.03. The van der Waals surface area contributed by atoms with Crippen molar-refractivity contribution in [2.45, 2.75) is 19.4 Å². The molecule has 0 saturated heterocycles. The summed E-state index contributed by atoms with van der Waals surface area (Å²) in [5.41, 5.74) is 2.26. The molecule has 0 aliphatic carbocycles. The van der Waals surface area contributed by atoms with Crippen LogP contribution in [0.15, 0.2) is 53.7 Å². The molecule has 5 nitrogen and oxygen atoms in total. The zero-order valence-corrected chi connectivity index (χ0v) is 13.2. The molecular weight excluding hydrogens is 304 g/mol. The van der Waals surface area contributed by atoms with E-state index in [0.29, 0.717) is 17.8 Å². The molecule has 2 aromatic rings. The molecule has 0 aliphatic heterocycles. The van der Waals surface area contributed by atoms with Gasteiger partial charge in [0.15, 0.2) is 6.61 Å². The van der Waals surface area contributed by atoms with Gasteiger partial charge >= 0.3 is 5.97 Å². The summed E-state index contributed by atoms with van der Waals surface area (Å²) < 4.78 is 5.00. The van der Waals surface area contributed by atoms with Crippen LogP contribution in [0.1, 0.15) is 23.4 Å². The van der Waals surface area contributed by atoms with Crippen molar-refractivity contribution in [1.29, 1.82) is 0 Å². The second-order valence-corrected chi connectivity index (χ2v) is 4.89. The molecule has 2 rings (SSSR count). The number of hydrogen-bond donors (Lipinski definition) is 0. The minimum absolute atomic E-state index is 0.103. The molecule has 0 atom stereocenters. The van der Waals surface area contributed by atoms with Gasteiger partial charge in [0.05, 0.1) is 24.0 Å². The lowest BCUT2D eigenvalue weighted by molar-refractivity contribution is -0.142. The van der Waals surface area contributed by atoms with Crippen LogP contribution in [0.5, 0.6) is 0 Å². The standard InChI is InChI=1S/C19H18N2O3/c1-2-3-12-23-19(22)13-17-10-7-11-18(21-17)15-24-20-14-16-8-5-4-6-9-16/h1,4-11,14H,3,12-13,15H2. The highest BCUT2D eigenvalue weighted by molar-refractivity contribution is 5.78. The van der Waals surface area contributed by atoms with Gasteiger partial charge in [-0.3, -0.25) is 9.78 Å². The molecule has 0 spiro atoms. The number of carbonyl (C=O) groups is 1. The fourth-order valence-corrected chi connectivity index (χ4v) is 1.87. The normalized spacial score (nSPS) is 10.3. The van der Waals surface area contributed by atoms with E-state index >= 15 is 0 Å². The molecule has 0 N–H and O–H groups in total. The number of ether oxygens (including phenoxy) is 1. The molecule has 0 unspecified atom stereocenters. The van der Waals surface area contributed by atoms with Crippen molar-refractivity contribution in [3.8, 4) is 12.3 Å². The maximum absolute atomic E-state index is 11.6. The zero-order chi connectivity index (χ0) is 17.0. The molecule has 0 bridgehead atoms. The smallest absolute Gasteiger partial charge is 0.311 e. The van der Waals surface area contributed by atoms with Crippen molar-refractivity contribution < 1.29 is 14.4 Å². The second-order valence-electron chi connectivity index (χ2n) is 4.89. The molecule has 24 heavy (non-hydrogen) atoms. The first-order valence-electron chi connectivity index (χ1n) is 7.52. The highest BCUT2D eigenvalue weighted by Gasteiger charge is 2.06. The van der Waals surface area contributed by atoms with E-state index in [-0.39, 0.29) is 25.6 Å². The third-order valence-corrected chi connectivity index (χ3v) is 2.99. The number of aromatic nitrogens is 1. The summed E-state index contributed by atoms with van der Waals surface area (Å²) in [6.45, 7) is 0.454. The Bertz CT molecular complexity index is 721. The Hall–Kier alpha value is -3.13. The Morgan fingerprint density at radius 3 is 2.75 bits per heavy atom. The minimum atomic E-state index is -0.349. The predicted octanol–water partition coefficient (Wildman–Crippen LogP) is 2.74. The number of oxime groups is 1. The summed E-state index contributed by atoms with van der Waals surface area (Å²) in [4.78, 5) is 21.2. The summed E-state index contributed by atoms with van der Waals surface area (Å²) in [6.07, 6.45) is 7.25. The first kappa shape index (κ1) is 17.2. The molecule has 0 radical (unpaired) electrons. The van der Waals surface area contributed by atoms with Gasteiger partial charge in [-0.15, -0.1) is 12.3 Å². The van der Waals surface area contributed by atoms with E-state index in [2.05, 4.69) is 16.1 Å². The van der Waals surface area contributed by atoms with Gasteiger partial charge in [0.1, 0.15) is 6.61 Å². The van der Waals surface area contributed by atoms with Crippen molar-refractivity contribution in [3.63, 3.8) is 0 Å². The van der Waals surface area contributed by atoms with E-state index in [1.165, 1.54) is 0 Å². The van der Waals surface area contributed by atoms with Crippen LogP contribution >= 0.6 is 0 Å². The molecule has 0 saturated carbocycles. The molecule has 1 heterocycles. The fraction of sp³-hybridized carbons (Fsp3) is 0.211. The summed E-state index contributed by atoms with van der Waals surface area (Å²) >= 11 is 0. The van der Waals surface area contributed by atoms with Gasteiger partial charge in [-0.25, -0.2) is 0 Å². The van der Waals surface area contributed by atoms with Crippen molar-refractivity contribution >= 4 is 12.2 Å². The number of esters is 1. The van der Waals surface area contributed by atoms with E-state index in [9.17, 15) is 4.79 Å². The van der Waals surface area contributed by atoms with Crippen molar-refractivity contribution in [1.82, 2.24) is 4.98 Å². The number of rotatable bonds is 8. The highest BCUT2D eigenvalue weighted by atomic mass is 16.6. The van der Waals surface area contributed by atoms with Gasteiger partial charge in [0.2, 0.25) is 0 Å². The van der Waals surface area contributed by atoms with Crippen molar-refractivity contribution in [2.24, 2.45) is 5.16 Å². The van der Waals surface area contributed by atoms with Gasteiger partial charge in [-0.1, -0.05) is 41.6 Å². The largest absolute Gasteiger partial charge is 0.464 e. The van der Waals surface area contributed by atoms with E-state index in [1.807, 2.05) is 42.5 Å². The van der Waals surface area contributed by atoms with Crippen LogP contribution in [-0.2, 0) is 27.4 Å². The fourth-order valence-electron chi connectivity index (χ4n) is 1.87. The van der Waals surface area contributed by atoms with Crippen LogP contribution in [0, 0.1) is 12.3 Å². The third-order valence-electron chi connectivity index (χ3n) is 2.99. The van der Waals surface area contributed by atoms with Gasteiger partial charge in [-0.05, 0) is 17.7 Å². The van der Waals surface area contributed by atoms with Gasteiger partial charge < -0.3 is 9.57 Å². The zero-order valence-electron chi connectivity index (χ0n) is 13.2. The van der Waals surface area contributed by atoms with E-state index in [1.54, 1.807) is 12.3 Å². The molecule has 122 valence electrons. The highest BCUT2D eigenvalue weighted by Crippen LogP contribution is 2.04. The van der Waals surface area contributed by atoms with Crippen LogP contribution in [0.3, 0.4) is 0 Å². The first-order valence-corrected chi connectivity index (χ1v) is 7.52. The maximum atomic E-state index is 11.6. The summed E-state index contributed by atoms with van der Waals surface area (Å²) in [6, 6.07) is 15.0. The van der Waals surface area contributed by atoms with Crippen LogP contribution in [0.2, 0.25) is 0 Å². The number of hydrogen-bond acceptors (Lipinski definition) is 5. The maximum Gasteiger partial charge on any atom is 0.311 e. The molecule has 1 aromatic carbocycles. The number of nitrogens with zero attached hydrogens (tertiary/aromatic N) is 2. The lowest BCUT2D eigenvalue weighted by Gasteiger charge is -2.04. The number of benzene rings is 1. The van der Waals surface area contributed by atoms with E-state index in [4.69, 9.17) is 16.0 Å². The van der Waals surface area contributed by atoms with Crippen molar-refractivity contribution in [2.75, 3.05) is 6.61 Å². The predicted molar refractivity (Wildman–Crippen MR) is 91.2 cm³/mol. The van der Waals surface area contributed by atoms with Gasteiger partial charge in [0.25, 0.3) is 0 Å². The van der Waals surface area contributed by atoms with Crippen LogP contribution in [0.25, 0.3) is 0 Å². The Morgan fingerprint density at radius 2 is 1.96 bits per heavy atom. The molecular formula is C19H18N2O3. The second kappa shape index (κ2) is 9.80. The molecule has 1 aromatic heterocycles. The van der Waals surface area contributed by atoms with Crippen molar-refractivity contribution in [3.05, 3.63) is 65.5 Å². The summed E-state index contributed by atoms with van der Waals surface area (Å²) in [5.74, 6) is 2.06. The molecule has 5 heteroatoms. The number of carbonyl (C=O) groups excluding carboxylic acids is 1. The lowest BCUT2D eigenvalue weighted by atomic mass is 10.2. The van der Waals surface area contributed by atoms with E-state index < -0.39 is 0 Å². The summed E-state index contributed by atoms with van der Waals surface area (Å²) in [5, 5.41) is 3.90.